The third kappa shape index (κ3) is 4.46. The van der Waals surface area contributed by atoms with Crippen LogP contribution in [0.2, 0.25) is 0 Å². The van der Waals surface area contributed by atoms with Crippen molar-refractivity contribution in [3.63, 3.8) is 0 Å². The van der Waals surface area contributed by atoms with Crippen molar-refractivity contribution in [2.24, 2.45) is 0 Å². The maximum Gasteiger partial charge on any atom is 0.340 e. The second kappa shape index (κ2) is 9.77. The van der Waals surface area contributed by atoms with Gasteiger partial charge in [0.25, 0.3) is 15.7 Å². The minimum absolute atomic E-state index is 0.00193. The van der Waals surface area contributed by atoms with Gasteiger partial charge in [-0.2, -0.15) is 0 Å². The number of carbonyl (C=O) groups excluding carboxylic acids is 3. The van der Waals surface area contributed by atoms with Crippen LogP contribution in [0.3, 0.4) is 0 Å². The molecule has 43 heavy (non-hydrogen) atoms. The number of carbonyl (C=O) groups is 3. The summed E-state index contributed by atoms with van der Waals surface area (Å²) in [6.07, 6.45) is 0. The molecule has 12 nitrogen and oxygen atoms in total. The lowest BCUT2D eigenvalue weighted by Crippen LogP contribution is -2.33. The van der Waals surface area contributed by atoms with E-state index in [9.17, 15) is 32.9 Å². The number of nitrogens with one attached hydrogen (secondary N) is 2. The van der Waals surface area contributed by atoms with Gasteiger partial charge in [0, 0.05) is 53.1 Å². The van der Waals surface area contributed by atoms with E-state index in [1.807, 2.05) is 0 Å². The summed E-state index contributed by atoms with van der Waals surface area (Å²) >= 11 is 0. The quantitative estimate of drug-likeness (QED) is 0.132. The molecule has 13 heteroatoms. The van der Waals surface area contributed by atoms with Crippen LogP contribution in [0, 0.1) is 10.1 Å². The third-order valence-electron chi connectivity index (χ3n) is 7.14. The Morgan fingerprint density at radius 3 is 2.16 bits per heavy atom. The highest BCUT2D eigenvalue weighted by atomic mass is 32.2. The van der Waals surface area contributed by atoms with Crippen molar-refractivity contribution < 1.29 is 37.2 Å². The number of hydrogen-bond donors (Lipinski definition) is 2. The van der Waals surface area contributed by atoms with E-state index in [1.54, 1.807) is 48.5 Å². The van der Waals surface area contributed by atoms with Gasteiger partial charge in [0.05, 0.1) is 16.2 Å². The van der Waals surface area contributed by atoms with Crippen molar-refractivity contribution in [2.45, 2.75) is 24.3 Å². The van der Waals surface area contributed by atoms with Crippen LogP contribution in [0.25, 0.3) is 0 Å². The molecule has 1 spiro atoms. The van der Waals surface area contributed by atoms with Gasteiger partial charge in [-0.25, -0.2) is 13.2 Å². The normalized spacial score (nSPS) is 16.3. The molecule has 0 radical (unpaired) electrons. The van der Waals surface area contributed by atoms with E-state index < -0.39 is 42.9 Å². The molecule has 1 amide bonds. The molecule has 1 unspecified atom stereocenters. The highest BCUT2D eigenvalue weighted by Gasteiger charge is 2.53. The molecule has 4 aromatic rings. The molecular weight excluding hydrogens is 578 g/mol. The largest absolute Gasteiger partial charge is 0.456 e. The van der Waals surface area contributed by atoms with Crippen molar-refractivity contribution in [2.75, 3.05) is 10.0 Å². The molecule has 0 saturated carbocycles. The summed E-state index contributed by atoms with van der Waals surface area (Å²) in [6, 6.07) is 19.2. The first-order chi connectivity index (χ1) is 20.4. The number of nitro benzene ring substituents is 1. The van der Waals surface area contributed by atoms with Crippen molar-refractivity contribution in [3.8, 4) is 11.5 Å². The lowest BCUT2D eigenvalue weighted by molar-refractivity contribution is -0.387. The Labute approximate surface area is 244 Å². The Bertz CT molecular complexity index is 2020. The van der Waals surface area contributed by atoms with E-state index in [1.165, 1.54) is 32.0 Å². The van der Waals surface area contributed by atoms with Crippen LogP contribution in [0.4, 0.5) is 17.1 Å². The Kier molecular flexibility index (Phi) is 6.27. The molecule has 2 aliphatic rings. The zero-order valence-corrected chi connectivity index (χ0v) is 23.4. The van der Waals surface area contributed by atoms with Crippen LogP contribution >= 0.6 is 0 Å². The number of sulfonamides is 1. The van der Waals surface area contributed by atoms with Crippen LogP contribution in [-0.2, 0) is 25.2 Å². The van der Waals surface area contributed by atoms with E-state index in [4.69, 9.17) is 9.47 Å². The van der Waals surface area contributed by atoms with Gasteiger partial charge >= 0.3 is 5.97 Å². The topological polar surface area (TPSA) is 171 Å². The van der Waals surface area contributed by atoms with Crippen molar-refractivity contribution in [1.29, 1.82) is 0 Å². The first-order valence-corrected chi connectivity index (χ1v) is 14.3. The van der Waals surface area contributed by atoms with Gasteiger partial charge in [-0.05, 0) is 49.4 Å². The van der Waals surface area contributed by atoms with E-state index in [0.29, 0.717) is 27.9 Å². The zero-order chi connectivity index (χ0) is 30.7. The van der Waals surface area contributed by atoms with Crippen LogP contribution in [0.1, 0.15) is 51.3 Å². The number of Topliss-reactive ketones (excluding diaryl/α,β-unsaturated/α-hetero) is 1. The summed E-state index contributed by atoms with van der Waals surface area (Å²) < 4.78 is 41.2. The number of ether oxygens (including phenoxy) is 2. The fourth-order valence-corrected chi connectivity index (χ4v) is 6.54. The van der Waals surface area contributed by atoms with Gasteiger partial charge in [0.1, 0.15) is 11.5 Å². The summed E-state index contributed by atoms with van der Waals surface area (Å²) in [4.78, 5) is 46.6. The number of fused-ring (bicyclic) bond motifs is 6. The van der Waals surface area contributed by atoms with Gasteiger partial charge in [-0.15, -0.1) is 0 Å². The van der Waals surface area contributed by atoms with Gasteiger partial charge in [-0.1, -0.05) is 18.2 Å². The number of nitrogens with zero attached hydrogens (tertiary/aromatic N) is 1. The maximum absolute atomic E-state index is 13.3. The van der Waals surface area contributed by atoms with Gasteiger partial charge in [0.15, 0.2) is 16.3 Å². The van der Waals surface area contributed by atoms with Gasteiger partial charge in [0.2, 0.25) is 5.91 Å². The molecule has 0 aliphatic carbocycles. The SMILES string of the molecule is CC(=O)Nc1ccc2c(c1)Oc1cc(NS(=O)(=O)c3ccc(C(C)=O)cc3[N+](=O)[O-])ccc1C21OC(=O)c2ccccc21. The average molecular weight is 600 g/mol. The van der Waals surface area contributed by atoms with Crippen molar-refractivity contribution in [3.05, 3.63) is 117 Å². The standard InChI is InChI=1S/C30H21N3O9S/c1-16(34)18-7-12-28(25(13-18)33(37)38)43(39,40)32-20-9-11-24-27(15-20)41-26-14-19(31-17(2)35)8-10-23(26)30(24)22-6-4-3-5-21(22)29(36)42-30/h3-15,32H,1-2H3,(H,31,35). The molecule has 6 rings (SSSR count). The van der Waals surface area contributed by atoms with Gasteiger partial charge < -0.3 is 14.8 Å². The molecule has 4 aromatic carbocycles. The van der Waals surface area contributed by atoms with E-state index in [-0.39, 0.29) is 28.7 Å². The number of amides is 1. The van der Waals surface area contributed by atoms with E-state index in [0.717, 1.165) is 12.1 Å². The molecule has 0 fully saturated rings. The summed E-state index contributed by atoms with van der Waals surface area (Å²) in [5.74, 6) is -0.953. The summed E-state index contributed by atoms with van der Waals surface area (Å²) in [6.45, 7) is 2.56. The first kappa shape index (κ1) is 27.6. The number of anilines is 2. The molecule has 1 atom stereocenters. The maximum atomic E-state index is 13.3. The number of nitro groups is 1. The second-order valence-corrected chi connectivity index (χ2v) is 11.6. The van der Waals surface area contributed by atoms with Gasteiger partial charge in [-0.3, -0.25) is 24.4 Å². The highest BCUT2D eigenvalue weighted by molar-refractivity contribution is 7.92. The Hall–Kier alpha value is -5.56. The molecule has 216 valence electrons. The molecule has 2 aliphatic heterocycles. The Balaban J connectivity index is 1.47. The number of hydrogen-bond acceptors (Lipinski definition) is 9. The van der Waals surface area contributed by atoms with Crippen molar-refractivity contribution >= 4 is 44.7 Å². The fraction of sp³-hybridized carbons (Fsp3) is 0.100. The fourth-order valence-electron chi connectivity index (χ4n) is 5.34. The smallest absolute Gasteiger partial charge is 0.340 e. The minimum atomic E-state index is -4.52. The molecular formula is C30H21N3O9S. The Morgan fingerprint density at radius 2 is 1.51 bits per heavy atom. The van der Waals surface area contributed by atoms with E-state index >= 15 is 0 Å². The third-order valence-corrected chi connectivity index (χ3v) is 8.57. The molecule has 0 aromatic heterocycles. The van der Waals surface area contributed by atoms with Crippen LogP contribution < -0.4 is 14.8 Å². The summed E-state index contributed by atoms with van der Waals surface area (Å²) in [5, 5.41) is 14.4. The lowest BCUT2D eigenvalue weighted by Gasteiger charge is -2.36. The van der Waals surface area contributed by atoms with Crippen LogP contribution in [0.15, 0.2) is 83.8 Å². The molecule has 0 saturated heterocycles. The first-order valence-electron chi connectivity index (χ1n) is 12.8. The monoisotopic (exact) mass is 599 g/mol. The van der Waals surface area contributed by atoms with E-state index in [2.05, 4.69) is 10.0 Å². The number of rotatable bonds is 6. The minimum Gasteiger partial charge on any atom is -0.456 e. The Morgan fingerprint density at radius 1 is 0.860 bits per heavy atom. The second-order valence-electron chi connectivity index (χ2n) is 9.92. The van der Waals surface area contributed by atoms with Crippen molar-refractivity contribution in [1.82, 2.24) is 0 Å². The zero-order valence-electron chi connectivity index (χ0n) is 22.5. The summed E-state index contributed by atoms with van der Waals surface area (Å²) in [5.41, 5.74) is -0.00912. The lowest BCUT2D eigenvalue weighted by atomic mass is 9.77. The predicted molar refractivity (Wildman–Crippen MR) is 153 cm³/mol. The number of benzene rings is 4. The van der Waals surface area contributed by atoms with Crippen LogP contribution in [0.5, 0.6) is 11.5 Å². The number of esters is 1. The average Bonchev–Trinajstić information content (AvgIpc) is 3.24. The predicted octanol–water partition coefficient (Wildman–Crippen LogP) is 5.12. The molecule has 2 N–H and O–H groups in total. The van der Waals surface area contributed by atoms with Crippen LogP contribution in [-0.4, -0.2) is 31.0 Å². The number of ketones is 1. The highest BCUT2D eigenvalue weighted by Crippen LogP contribution is 2.56. The molecule has 0 bridgehead atoms. The summed E-state index contributed by atoms with van der Waals surface area (Å²) in [7, 11) is -4.52. The molecule has 2 heterocycles.